The predicted molar refractivity (Wildman–Crippen MR) is 73.3 cm³/mol. The van der Waals surface area contributed by atoms with E-state index in [1.807, 2.05) is 44.2 Å². The molecule has 1 aromatic heterocycles. The number of hydrogen-bond donors (Lipinski definition) is 2. The Morgan fingerprint density at radius 1 is 1.39 bits per heavy atom. The Kier molecular flexibility index (Phi) is 3.30. The van der Waals surface area contributed by atoms with Crippen molar-refractivity contribution in [1.82, 2.24) is 4.98 Å². The Bertz CT molecular complexity index is 573. The van der Waals surface area contributed by atoms with Crippen molar-refractivity contribution < 1.29 is 4.79 Å². The molecule has 0 fully saturated rings. The Labute approximate surface area is 106 Å². The van der Waals surface area contributed by atoms with E-state index in [0.29, 0.717) is 0 Å². The van der Waals surface area contributed by atoms with Crippen molar-refractivity contribution in [3.05, 3.63) is 36.5 Å². The number of aromatic nitrogens is 1. The number of benzene rings is 1. The van der Waals surface area contributed by atoms with Crippen LogP contribution in [0.15, 0.2) is 36.5 Å². The first kappa shape index (κ1) is 12.5. The first-order chi connectivity index (χ1) is 8.44. The quantitative estimate of drug-likeness (QED) is 0.869. The van der Waals surface area contributed by atoms with Crippen LogP contribution in [0.5, 0.6) is 0 Å². The standard InChI is InChI=1S/C14H17N3O/c1-14(2,15)9-13(18)17-11-5-6-12-10(8-11)4-3-7-16-12/h3-8H,9,15H2,1-2H3,(H,17,18). The van der Waals surface area contributed by atoms with Gasteiger partial charge < -0.3 is 11.1 Å². The monoisotopic (exact) mass is 243 g/mol. The van der Waals surface area contributed by atoms with E-state index in [-0.39, 0.29) is 12.3 Å². The maximum absolute atomic E-state index is 11.8. The summed E-state index contributed by atoms with van der Waals surface area (Å²) in [7, 11) is 0. The maximum atomic E-state index is 11.8. The molecule has 4 nitrogen and oxygen atoms in total. The zero-order chi connectivity index (χ0) is 13.2. The average Bonchev–Trinajstić information content (AvgIpc) is 2.26. The minimum atomic E-state index is -0.498. The van der Waals surface area contributed by atoms with Gasteiger partial charge in [0.05, 0.1) is 5.52 Å². The molecule has 0 saturated carbocycles. The fourth-order valence-electron chi connectivity index (χ4n) is 1.77. The highest BCUT2D eigenvalue weighted by Gasteiger charge is 2.16. The number of nitrogens with zero attached hydrogens (tertiary/aromatic N) is 1. The van der Waals surface area contributed by atoms with Crippen LogP contribution in [-0.4, -0.2) is 16.4 Å². The molecule has 1 amide bonds. The molecule has 0 aliphatic heterocycles. The molecule has 0 aliphatic rings. The average molecular weight is 243 g/mol. The van der Waals surface area contributed by atoms with Crippen LogP contribution in [0.3, 0.4) is 0 Å². The number of amides is 1. The van der Waals surface area contributed by atoms with Crippen LogP contribution in [0, 0.1) is 0 Å². The van der Waals surface area contributed by atoms with Gasteiger partial charge in [-0.25, -0.2) is 0 Å². The van der Waals surface area contributed by atoms with Gasteiger partial charge in [0.15, 0.2) is 0 Å². The molecule has 94 valence electrons. The van der Waals surface area contributed by atoms with Gasteiger partial charge in [-0.05, 0) is 38.1 Å². The second kappa shape index (κ2) is 4.74. The highest BCUT2D eigenvalue weighted by Crippen LogP contribution is 2.17. The summed E-state index contributed by atoms with van der Waals surface area (Å²) < 4.78 is 0. The van der Waals surface area contributed by atoms with Gasteiger partial charge in [-0.3, -0.25) is 9.78 Å². The highest BCUT2D eigenvalue weighted by atomic mass is 16.1. The van der Waals surface area contributed by atoms with E-state index in [2.05, 4.69) is 10.3 Å². The third kappa shape index (κ3) is 3.28. The van der Waals surface area contributed by atoms with E-state index in [9.17, 15) is 4.79 Å². The van der Waals surface area contributed by atoms with Crippen LogP contribution in [0.1, 0.15) is 20.3 Å². The van der Waals surface area contributed by atoms with E-state index < -0.39 is 5.54 Å². The Hall–Kier alpha value is -1.94. The topological polar surface area (TPSA) is 68.0 Å². The molecule has 0 radical (unpaired) electrons. The minimum absolute atomic E-state index is 0.0780. The van der Waals surface area contributed by atoms with E-state index in [1.54, 1.807) is 6.20 Å². The lowest BCUT2D eigenvalue weighted by atomic mass is 10.0. The maximum Gasteiger partial charge on any atom is 0.226 e. The number of fused-ring (bicyclic) bond motifs is 1. The van der Waals surface area contributed by atoms with Crippen LogP contribution in [0.2, 0.25) is 0 Å². The number of carbonyl (C=O) groups excluding carboxylic acids is 1. The molecule has 0 aliphatic carbocycles. The van der Waals surface area contributed by atoms with Gasteiger partial charge in [-0.2, -0.15) is 0 Å². The summed E-state index contributed by atoms with van der Waals surface area (Å²) >= 11 is 0. The van der Waals surface area contributed by atoms with E-state index >= 15 is 0 Å². The number of pyridine rings is 1. The zero-order valence-electron chi connectivity index (χ0n) is 10.6. The van der Waals surface area contributed by atoms with E-state index in [1.165, 1.54) is 0 Å². The van der Waals surface area contributed by atoms with Crippen LogP contribution < -0.4 is 11.1 Å². The van der Waals surface area contributed by atoms with Crippen molar-refractivity contribution in [3.8, 4) is 0 Å². The second-order valence-corrected chi connectivity index (χ2v) is 5.12. The molecular weight excluding hydrogens is 226 g/mol. The fraction of sp³-hybridized carbons (Fsp3) is 0.286. The molecule has 0 atom stereocenters. The van der Waals surface area contributed by atoms with Crippen LogP contribution in [0.25, 0.3) is 10.9 Å². The number of anilines is 1. The summed E-state index contributed by atoms with van der Waals surface area (Å²) in [6.45, 7) is 3.66. The third-order valence-electron chi connectivity index (χ3n) is 2.50. The molecule has 2 rings (SSSR count). The summed E-state index contributed by atoms with van der Waals surface area (Å²) in [6.07, 6.45) is 2.04. The Morgan fingerprint density at radius 2 is 2.17 bits per heavy atom. The van der Waals surface area contributed by atoms with E-state index in [0.717, 1.165) is 16.6 Å². The summed E-state index contributed by atoms with van der Waals surface area (Å²) in [5.41, 5.74) is 6.99. The molecule has 0 saturated heterocycles. The van der Waals surface area contributed by atoms with Crippen LogP contribution in [0.4, 0.5) is 5.69 Å². The molecule has 3 N–H and O–H groups in total. The van der Waals surface area contributed by atoms with Gasteiger partial charge in [-0.1, -0.05) is 6.07 Å². The summed E-state index contributed by atoms with van der Waals surface area (Å²) in [5, 5.41) is 3.85. The molecule has 4 heteroatoms. The van der Waals surface area contributed by atoms with Crippen molar-refractivity contribution in [2.45, 2.75) is 25.8 Å². The number of nitrogens with one attached hydrogen (secondary N) is 1. The number of rotatable bonds is 3. The summed E-state index contributed by atoms with van der Waals surface area (Å²) in [6, 6.07) is 9.47. The Morgan fingerprint density at radius 3 is 2.89 bits per heavy atom. The lowest BCUT2D eigenvalue weighted by molar-refractivity contribution is -0.117. The number of carbonyl (C=O) groups is 1. The molecular formula is C14H17N3O. The lowest BCUT2D eigenvalue weighted by Gasteiger charge is -2.17. The molecule has 2 aromatic rings. The van der Waals surface area contributed by atoms with Crippen LogP contribution in [-0.2, 0) is 4.79 Å². The molecule has 1 aromatic carbocycles. The first-order valence-corrected chi connectivity index (χ1v) is 5.88. The molecule has 18 heavy (non-hydrogen) atoms. The van der Waals surface area contributed by atoms with Crippen molar-refractivity contribution >= 4 is 22.5 Å². The van der Waals surface area contributed by atoms with Crippen molar-refractivity contribution in [3.63, 3.8) is 0 Å². The Balaban J connectivity index is 2.15. The third-order valence-corrected chi connectivity index (χ3v) is 2.50. The van der Waals surface area contributed by atoms with Gasteiger partial charge in [0, 0.05) is 29.2 Å². The largest absolute Gasteiger partial charge is 0.326 e. The molecule has 0 unspecified atom stereocenters. The van der Waals surface area contributed by atoms with Gasteiger partial charge in [0.25, 0.3) is 0 Å². The molecule has 0 bridgehead atoms. The fourth-order valence-corrected chi connectivity index (χ4v) is 1.77. The second-order valence-electron chi connectivity index (χ2n) is 5.12. The van der Waals surface area contributed by atoms with Gasteiger partial charge in [-0.15, -0.1) is 0 Å². The van der Waals surface area contributed by atoms with Crippen molar-refractivity contribution in [1.29, 1.82) is 0 Å². The number of hydrogen-bond acceptors (Lipinski definition) is 3. The van der Waals surface area contributed by atoms with Gasteiger partial charge in [0.1, 0.15) is 0 Å². The van der Waals surface area contributed by atoms with Gasteiger partial charge in [0.2, 0.25) is 5.91 Å². The minimum Gasteiger partial charge on any atom is -0.326 e. The van der Waals surface area contributed by atoms with E-state index in [4.69, 9.17) is 5.73 Å². The van der Waals surface area contributed by atoms with Crippen LogP contribution >= 0.6 is 0 Å². The normalized spacial score (nSPS) is 11.5. The first-order valence-electron chi connectivity index (χ1n) is 5.88. The van der Waals surface area contributed by atoms with Gasteiger partial charge >= 0.3 is 0 Å². The summed E-state index contributed by atoms with van der Waals surface area (Å²) in [5.74, 6) is -0.0780. The highest BCUT2D eigenvalue weighted by molar-refractivity contribution is 5.94. The molecule has 1 heterocycles. The zero-order valence-corrected chi connectivity index (χ0v) is 10.6. The van der Waals surface area contributed by atoms with Crippen molar-refractivity contribution in [2.24, 2.45) is 5.73 Å². The lowest BCUT2D eigenvalue weighted by Crippen LogP contribution is -2.36. The molecule has 0 spiro atoms. The van der Waals surface area contributed by atoms with Crippen molar-refractivity contribution in [2.75, 3.05) is 5.32 Å². The smallest absolute Gasteiger partial charge is 0.226 e. The SMILES string of the molecule is CC(C)(N)CC(=O)Nc1ccc2ncccc2c1. The summed E-state index contributed by atoms with van der Waals surface area (Å²) in [4.78, 5) is 16.0. The predicted octanol–water partition coefficient (Wildman–Crippen LogP) is 2.30. The number of nitrogens with two attached hydrogens (primary N) is 1.